The zero-order valence-corrected chi connectivity index (χ0v) is 10.5. The summed E-state index contributed by atoms with van der Waals surface area (Å²) >= 11 is 0. The third kappa shape index (κ3) is 2.44. The number of carbonyl (C=O) groups excluding carboxylic acids is 1. The Bertz CT molecular complexity index is 819. The lowest BCUT2D eigenvalue weighted by molar-refractivity contribution is -0.116. The molecular formula is C14H12N4O2. The molecule has 100 valence electrons. The van der Waals surface area contributed by atoms with Crippen LogP contribution in [-0.2, 0) is 11.3 Å². The fourth-order valence-corrected chi connectivity index (χ4v) is 1.97. The first-order chi connectivity index (χ1) is 9.72. The van der Waals surface area contributed by atoms with Crippen LogP contribution in [0.15, 0.2) is 53.6 Å². The molecule has 6 nitrogen and oxygen atoms in total. The van der Waals surface area contributed by atoms with E-state index in [0.717, 1.165) is 10.9 Å². The number of amides is 1. The molecule has 0 spiro atoms. The molecule has 0 saturated carbocycles. The fraction of sp³-hybridized carbons (Fsp3) is 0.0714. The van der Waals surface area contributed by atoms with Crippen LogP contribution < -0.4 is 10.9 Å². The molecule has 1 aromatic carbocycles. The van der Waals surface area contributed by atoms with E-state index in [-0.39, 0.29) is 18.0 Å². The smallest absolute Gasteiger partial charge is 0.250 e. The van der Waals surface area contributed by atoms with E-state index in [9.17, 15) is 9.59 Å². The van der Waals surface area contributed by atoms with E-state index in [0.29, 0.717) is 5.69 Å². The molecule has 0 aliphatic heterocycles. The van der Waals surface area contributed by atoms with Gasteiger partial charge in [0.15, 0.2) is 0 Å². The highest BCUT2D eigenvalue weighted by Crippen LogP contribution is 2.16. The van der Waals surface area contributed by atoms with Crippen molar-refractivity contribution in [2.45, 2.75) is 6.54 Å². The lowest BCUT2D eigenvalue weighted by Gasteiger charge is -2.07. The maximum atomic E-state index is 11.9. The molecule has 0 aliphatic carbocycles. The number of aromatic amines is 1. The van der Waals surface area contributed by atoms with Crippen LogP contribution in [0.25, 0.3) is 10.9 Å². The number of pyridine rings is 1. The summed E-state index contributed by atoms with van der Waals surface area (Å²) in [5.41, 5.74) is 1.38. The fourth-order valence-electron chi connectivity index (χ4n) is 1.97. The molecule has 2 heterocycles. The number of fused-ring (bicyclic) bond motifs is 1. The van der Waals surface area contributed by atoms with Crippen LogP contribution in [0.3, 0.4) is 0 Å². The predicted octanol–water partition coefficient (Wildman–Crippen LogP) is 1.36. The van der Waals surface area contributed by atoms with Gasteiger partial charge in [-0.15, -0.1) is 0 Å². The maximum absolute atomic E-state index is 11.9. The van der Waals surface area contributed by atoms with Gasteiger partial charge >= 0.3 is 0 Å². The van der Waals surface area contributed by atoms with Crippen LogP contribution in [0.5, 0.6) is 0 Å². The Morgan fingerprint density at radius 3 is 3.05 bits per heavy atom. The minimum absolute atomic E-state index is 0.0108. The first kappa shape index (κ1) is 12.2. The molecule has 0 saturated heterocycles. The number of carbonyl (C=O) groups is 1. The molecular weight excluding hydrogens is 256 g/mol. The molecule has 3 aromatic rings. The Morgan fingerprint density at radius 2 is 2.20 bits per heavy atom. The standard InChI is InChI=1S/C14H12N4O2/c19-13(9-18-6-2-1-3-14(18)20)16-11-4-5-12-10(7-11)8-15-17-12/h1-8H,9H2,(H,15,17)(H,16,19). The molecule has 1 amide bonds. The second-order valence-corrected chi connectivity index (χ2v) is 4.39. The van der Waals surface area contributed by atoms with Crippen molar-refractivity contribution < 1.29 is 4.79 Å². The highest BCUT2D eigenvalue weighted by atomic mass is 16.2. The largest absolute Gasteiger partial charge is 0.325 e. The van der Waals surface area contributed by atoms with Gasteiger partial charge in [-0.1, -0.05) is 6.07 Å². The summed E-state index contributed by atoms with van der Waals surface area (Å²) in [6.07, 6.45) is 3.27. The van der Waals surface area contributed by atoms with Crippen molar-refractivity contribution >= 4 is 22.5 Å². The van der Waals surface area contributed by atoms with Gasteiger partial charge in [0.1, 0.15) is 6.54 Å². The zero-order chi connectivity index (χ0) is 13.9. The third-order valence-corrected chi connectivity index (χ3v) is 2.94. The molecule has 0 fully saturated rings. The summed E-state index contributed by atoms with van der Waals surface area (Å²) in [6, 6.07) is 10.2. The number of benzene rings is 1. The molecule has 2 N–H and O–H groups in total. The highest BCUT2D eigenvalue weighted by molar-refractivity contribution is 5.93. The Hall–Kier alpha value is -2.89. The van der Waals surface area contributed by atoms with E-state index in [1.165, 1.54) is 10.6 Å². The Morgan fingerprint density at radius 1 is 1.30 bits per heavy atom. The molecule has 0 unspecified atom stereocenters. The topological polar surface area (TPSA) is 79.8 Å². The lowest BCUT2D eigenvalue weighted by Crippen LogP contribution is -2.26. The van der Waals surface area contributed by atoms with Crippen LogP contribution in [-0.4, -0.2) is 20.7 Å². The van der Waals surface area contributed by atoms with Gasteiger partial charge in [0.25, 0.3) is 5.56 Å². The maximum Gasteiger partial charge on any atom is 0.250 e. The van der Waals surface area contributed by atoms with Crippen LogP contribution in [0.4, 0.5) is 5.69 Å². The minimum atomic E-state index is -0.249. The van der Waals surface area contributed by atoms with Gasteiger partial charge in [0.05, 0.1) is 11.7 Å². The summed E-state index contributed by atoms with van der Waals surface area (Å²) in [5.74, 6) is -0.249. The number of nitrogens with one attached hydrogen (secondary N) is 2. The molecule has 0 bridgehead atoms. The molecule has 0 aliphatic rings. The van der Waals surface area contributed by atoms with Gasteiger partial charge in [-0.3, -0.25) is 14.7 Å². The van der Waals surface area contributed by atoms with Crippen LogP contribution in [0, 0.1) is 0 Å². The first-order valence-corrected chi connectivity index (χ1v) is 6.11. The summed E-state index contributed by atoms with van der Waals surface area (Å²) in [7, 11) is 0. The van der Waals surface area contributed by atoms with Crippen molar-refractivity contribution in [1.29, 1.82) is 0 Å². The van der Waals surface area contributed by atoms with E-state index in [4.69, 9.17) is 0 Å². The van der Waals surface area contributed by atoms with Gasteiger partial charge in [-0.05, 0) is 24.3 Å². The van der Waals surface area contributed by atoms with Gasteiger partial charge in [0, 0.05) is 23.3 Å². The Kier molecular flexibility index (Phi) is 3.04. The number of anilines is 1. The third-order valence-electron chi connectivity index (χ3n) is 2.94. The first-order valence-electron chi connectivity index (χ1n) is 6.11. The number of hydrogen-bond acceptors (Lipinski definition) is 3. The van der Waals surface area contributed by atoms with Crippen molar-refractivity contribution in [3.8, 4) is 0 Å². The lowest BCUT2D eigenvalue weighted by atomic mass is 10.2. The van der Waals surface area contributed by atoms with Gasteiger partial charge < -0.3 is 9.88 Å². The minimum Gasteiger partial charge on any atom is -0.325 e. The van der Waals surface area contributed by atoms with Gasteiger partial charge in [-0.25, -0.2) is 0 Å². The van der Waals surface area contributed by atoms with Crippen LogP contribution in [0.2, 0.25) is 0 Å². The number of rotatable bonds is 3. The van der Waals surface area contributed by atoms with E-state index in [1.54, 1.807) is 30.6 Å². The summed E-state index contributed by atoms with van der Waals surface area (Å²) in [5, 5.41) is 10.4. The molecule has 0 atom stereocenters. The molecule has 3 rings (SSSR count). The van der Waals surface area contributed by atoms with E-state index in [2.05, 4.69) is 15.5 Å². The molecule has 6 heteroatoms. The van der Waals surface area contributed by atoms with Gasteiger partial charge in [-0.2, -0.15) is 5.10 Å². The van der Waals surface area contributed by atoms with E-state index >= 15 is 0 Å². The molecule has 20 heavy (non-hydrogen) atoms. The normalized spacial score (nSPS) is 10.6. The predicted molar refractivity (Wildman–Crippen MR) is 75.4 cm³/mol. The van der Waals surface area contributed by atoms with Crippen molar-refractivity contribution in [2.24, 2.45) is 0 Å². The quantitative estimate of drug-likeness (QED) is 0.752. The number of H-pyrrole nitrogens is 1. The number of nitrogens with zero attached hydrogens (tertiary/aromatic N) is 2. The van der Waals surface area contributed by atoms with E-state index < -0.39 is 0 Å². The van der Waals surface area contributed by atoms with Crippen molar-refractivity contribution in [3.63, 3.8) is 0 Å². The highest BCUT2D eigenvalue weighted by Gasteiger charge is 2.05. The van der Waals surface area contributed by atoms with Crippen molar-refractivity contribution in [2.75, 3.05) is 5.32 Å². The van der Waals surface area contributed by atoms with Crippen molar-refractivity contribution in [3.05, 3.63) is 59.1 Å². The monoisotopic (exact) mass is 268 g/mol. The van der Waals surface area contributed by atoms with Crippen LogP contribution in [0.1, 0.15) is 0 Å². The van der Waals surface area contributed by atoms with Crippen LogP contribution >= 0.6 is 0 Å². The number of hydrogen-bond donors (Lipinski definition) is 2. The Labute approximate surface area is 114 Å². The molecule has 2 aromatic heterocycles. The summed E-state index contributed by atoms with van der Waals surface area (Å²) in [6.45, 7) is -0.0108. The molecule has 0 radical (unpaired) electrons. The second-order valence-electron chi connectivity index (χ2n) is 4.39. The van der Waals surface area contributed by atoms with Gasteiger partial charge in [0.2, 0.25) is 5.91 Å². The van der Waals surface area contributed by atoms with E-state index in [1.807, 2.05) is 12.1 Å². The second kappa shape index (κ2) is 5.00. The average molecular weight is 268 g/mol. The summed E-state index contributed by atoms with van der Waals surface area (Å²) in [4.78, 5) is 23.4. The zero-order valence-electron chi connectivity index (χ0n) is 10.5. The average Bonchev–Trinajstić information content (AvgIpc) is 2.89. The number of aromatic nitrogens is 3. The Balaban J connectivity index is 1.75. The SMILES string of the molecule is O=C(Cn1ccccc1=O)Nc1ccc2[nH]ncc2c1. The van der Waals surface area contributed by atoms with Crippen molar-refractivity contribution in [1.82, 2.24) is 14.8 Å². The summed E-state index contributed by atoms with van der Waals surface area (Å²) < 4.78 is 1.35.